The second-order valence-corrected chi connectivity index (χ2v) is 16.8. The maximum Gasteiger partial charge on any atom is 0.329 e. The first-order valence-electron chi connectivity index (χ1n) is 20.4. The number of nitrogen functional groups attached to an aromatic ring is 1. The van der Waals surface area contributed by atoms with Crippen LogP contribution in [0, 0.1) is 11.8 Å². The largest absolute Gasteiger partial charge is 0.457 e. The minimum Gasteiger partial charge on any atom is -0.457 e. The second-order valence-electron chi connectivity index (χ2n) is 16.8. The quantitative estimate of drug-likeness (QED) is 0.215. The summed E-state index contributed by atoms with van der Waals surface area (Å²) in [5, 5.41) is 8.36. The number of fused-ring (bicyclic) bond motifs is 3. The van der Waals surface area contributed by atoms with Gasteiger partial charge in [-0.25, -0.2) is 19.4 Å². The standard InChI is InChI=1S/C43H45N11O4/c1-49-36-17-28(9-12-34(36)53(43(49)57)35-13-14-37(55)47-42(35)56)51-20-31(21-51)52-22-30(23-52)50-18-26-15-29(16-27(26)19-50)54-41-38(40(44)45-24-46-41)39(48-54)25-7-10-33(11-8-25)58-32-5-3-2-4-6-32/h2-12,17,24,26-27,29-31,35H,13-16,18-23H2,1H3,(H2,44,45,46)(H,47,55,56). The molecule has 3 N–H and O–H groups in total. The molecule has 15 heteroatoms. The van der Waals surface area contributed by atoms with Crippen molar-refractivity contribution in [3.8, 4) is 22.8 Å². The van der Waals surface area contributed by atoms with Crippen LogP contribution in [0.15, 0.2) is 83.9 Å². The first kappa shape index (κ1) is 35.1. The predicted molar refractivity (Wildman–Crippen MR) is 218 cm³/mol. The van der Waals surface area contributed by atoms with Crippen molar-refractivity contribution >= 4 is 45.4 Å². The number of aromatic nitrogens is 6. The molecule has 296 valence electrons. The van der Waals surface area contributed by atoms with Crippen LogP contribution in [-0.4, -0.2) is 102 Å². The van der Waals surface area contributed by atoms with Crippen LogP contribution >= 0.6 is 0 Å². The zero-order chi connectivity index (χ0) is 39.2. The molecule has 3 aromatic heterocycles. The zero-order valence-corrected chi connectivity index (χ0v) is 32.3. The summed E-state index contributed by atoms with van der Waals surface area (Å²) in [6.45, 7) is 6.35. The number of hydrogen-bond acceptors (Lipinski definition) is 11. The predicted octanol–water partition coefficient (Wildman–Crippen LogP) is 3.95. The molecule has 6 aromatic rings. The van der Waals surface area contributed by atoms with Crippen molar-refractivity contribution in [2.24, 2.45) is 18.9 Å². The van der Waals surface area contributed by atoms with Crippen LogP contribution in [-0.2, 0) is 16.6 Å². The van der Waals surface area contributed by atoms with Gasteiger partial charge in [-0.1, -0.05) is 18.2 Å². The normalized spacial score (nSPS) is 24.3. The molecule has 7 heterocycles. The van der Waals surface area contributed by atoms with Gasteiger partial charge in [0.25, 0.3) is 0 Å². The lowest BCUT2D eigenvalue weighted by atomic mass is 9.98. The van der Waals surface area contributed by atoms with Crippen molar-refractivity contribution in [2.45, 2.75) is 49.9 Å². The Kier molecular flexibility index (Phi) is 8.19. The number of benzene rings is 3. The molecule has 3 aromatic carbocycles. The number of piperidine rings is 1. The number of nitrogens with one attached hydrogen (secondary N) is 1. The lowest BCUT2D eigenvalue weighted by Crippen LogP contribution is -2.69. The third-order valence-corrected chi connectivity index (χ3v) is 13.5. The van der Waals surface area contributed by atoms with Crippen LogP contribution in [0.1, 0.15) is 37.8 Å². The Morgan fingerprint density at radius 2 is 1.48 bits per heavy atom. The van der Waals surface area contributed by atoms with Crippen molar-refractivity contribution in [2.75, 3.05) is 49.9 Å². The SMILES string of the molecule is Cn1c(=O)n(C2CCC(=O)NC2=O)c2ccc(N3CC(N4CC(N5CC6CC(n7nc(-c8ccc(Oc9ccccc9)cc8)c8c(N)ncnc87)CC6C5)C4)C3)cc21. The van der Waals surface area contributed by atoms with Crippen LogP contribution in [0.2, 0.25) is 0 Å². The number of hydrogen-bond donors (Lipinski definition) is 2. The topological polar surface area (TPSA) is 162 Å². The fraction of sp³-hybridized carbons (Fsp3) is 0.395. The summed E-state index contributed by atoms with van der Waals surface area (Å²) in [7, 11) is 1.74. The van der Waals surface area contributed by atoms with Crippen LogP contribution in [0.4, 0.5) is 11.5 Å². The Labute approximate surface area is 334 Å². The number of carbonyl (C=O) groups excluding carboxylic acids is 2. The van der Waals surface area contributed by atoms with E-state index >= 15 is 0 Å². The van der Waals surface area contributed by atoms with Crippen molar-refractivity contribution < 1.29 is 14.3 Å². The van der Waals surface area contributed by atoms with Gasteiger partial charge in [0.05, 0.1) is 22.5 Å². The van der Waals surface area contributed by atoms with Gasteiger partial charge in [0.1, 0.15) is 35.4 Å². The molecule has 3 atom stereocenters. The van der Waals surface area contributed by atoms with Crippen LogP contribution in [0.3, 0.4) is 0 Å². The molecule has 4 saturated heterocycles. The molecule has 1 aliphatic carbocycles. The first-order chi connectivity index (χ1) is 28.3. The molecule has 0 spiro atoms. The fourth-order valence-electron chi connectivity index (χ4n) is 10.3. The second kappa shape index (κ2) is 13.5. The molecule has 5 aliphatic rings. The summed E-state index contributed by atoms with van der Waals surface area (Å²) in [5.41, 5.74) is 11.4. The van der Waals surface area contributed by atoms with Crippen molar-refractivity contribution in [1.82, 2.24) is 44.0 Å². The van der Waals surface area contributed by atoms with E-state index < -0.39 is 11.9 Å². The molecule has 0 bridgehead atoms. The molecule has 2 amide bonds. The van der Waals surface area contributed by atoms with Gasteiger partial charge in [-0.15, -0.1) is 0 Å². The maximum absolute atomic E-state index is 13.2. The number of para-hydroxylation sites is 1. The van der Waals surface area contributed by atoms with E-state index in [9.17, 15) is 14.4 Å². The Morgan fingerprint density at radius 3 is 2.22 bits per heavy atom. The molecule has 3 unspecified atom stereocenters. The van der Waals surface area contributed by atoms with E-state index in [1.54, 1.807) is 17.9 Å². The number of anilines is 2. The third-order valence-electron chi connectivity index (χ3n) is 13.5. The van der Waals surface area contributed by atoms with Gasteiger partial charge in [-0.2, -0.15) is 5.10 Å². The Balaban J connectivity index is 0.706. The summed E-state index contributed by atoms with van der Waals surface area (Å²) in [4.78, 5) is 54.3. The minimum atomic E-state index is -0.680. The summed E-state index contributed by atoms with van der Waals surface area (Å²) in [6, 6.07) is 24.5. The molecule has 1 saturated carbocycles. The number of carbonyl (C=O) groups is 2. The molecule has 11 rings (SSSR count). The third kappa shape index (κ3) is 5.77. The maximum atomic E-state index is 13.2. The summed E-state index contributed by atoms with van der Waals surface area (Å²) >= 11 is 0. The average molecular weight is 780 g/mol. The van der Waals surface area contributed by atoms with Gasteiger partial charge < -0.3 is 15.4 Å². The lowest BCUT2D eigenvalue weighted by Gasteiger charge is -2.54. The molecule has 5 fully saturated rings. The smallest absolute Gasteiger partial charge is 0.329 e. The number of rotatable bonds is 8. The number of imide groups is 1. The molecule has 4 aliphatic heterocycles. The summed E-state index contributed by atoms with van der Waals surface area (Å²) in [6.07, 6.45) is 4.25. The summed E-state index contributed by atoms with van der Waals surface area (Å²) in [5.74, 6) is 2.54. The Bertz CT molecular complexity index is 2630. The highest BCUT2D eigenvalue weighted by molar-refractivity contribution is 6.00. The minimum absolute atomic E-state index is 0.227. The van der Waals surface area contributed by atoms with E-state index in [0.717, 1.165) is 97.1 Å². The van der Waals surface area contributed by atoms with E-state index in [1.165, 1.54) is 4.57 Å². The highest BCUT2D eigenvalue weighted by atomic mass is 16.5. The van der Waals surface area contributed by atoms with Crippen molar-refractivity contribution in [3.63, 3.8) is 0 Å². The lowest BCUT2D eigenvalue weighted by molar-refractivity contribution is -0.135. The molecule has 0 radical (unpaired) electrons. The number of amides is 2. The molecule has 15 nitrogen and oxygen atoms in total. The first-order valence-corrected chi connectivity index (χ1v) is 20.4. The van der Waals surface area contributed by atoms with Gasteiger partial charge in [0.15, 0.2) is 5.65 Å². The Morgan fingerprint density at radius 1 is 0.776 bits per heavy atom. The van der Waals surface area contributed by atoms with Crippen molar-refractivity contribution in [1.29, 1.82) is 0 Å². The number of likely N-dealkylation sites (tertiary alicyclic amines) is 2. The van der Waals surface area contributed by atoms with Gasteiger partial charge >= 0.3 is 5.69 Å². The van der Waals surface area contributed by atoms with E-state index in [2.05, 4.69) is 35.7 Å². The van der Waals surface area contributed by atoms with E-state index in [4.69, 9.17) is 20.6 Å². The number of imidazole rings is 1. The van der Waals surface area contributed by atoms with Crippen LogP contribution < -0.4 is 26.4 Å². The number of ether oxygens (including phenoxy) is 1. The molecular formula is C43H45N11O4. The zero-order valence-electron chi connectivity index (χ0n) is 32.3. The van der Waals surface area contributed by atoms with Gasteiger partial charge in [-0.3, -0.25) is 33.8 Å². The van der Waals surface area contributed by atoms with Crippen LogP contribution in [0.5, 0.6) is 11.5 Å². The highest BCUT2D eigenvalue weighted by Gasteiger charge is 2.48. The van der Waals surface area contributed by atoms with E-state index in [1.807, 2.05) is 66.7 Å². The monoisotopic (exact) mass is 779 g/mol. The van der Waals surface area contributed by atoms with Gasteiger partial charge in [0, 0.05) is 76.1 Å². The average Bonchev–Trinajstić information content (AvgIpc) is 3.94. The Hall–Kier alpha value is -6.06. The molecular weight excluding hydrogens is 735 g/mol. The summed E-state index contributed by atoms with van der Waals surface area (Å²) < 4.78 is 11.3. The van der Waals surface area contributed by atoms with E-state index in [0.29, 0.717) is 41.7 Å². The van der Waals surface area contributed by atoms with Gasteiger partial charge in [-0.05, 0) is 85.7 Å². The molecule has 58 heavy (non-hydrogen) atoms. The number of nitrogens with zero attached hydrogens (tertiary/aromatic N) is 9. The van der Waals surface area contributed by atoms with E-state index in [-0.39, 0.29) is 24.1 Å². The van der Waals surface area contributed by atoms with Crippen LogP contribution in [0.25, 0.3) is 33.3 Å². The fourth-order valence-corrected chi connectivity index (χ4v) is 10.3. The number of nitrogens with two attached hydrogens (primary N) is 1. The van der Waals surface area contributed by atoms with Gasteiger partial charge in [0.2, 0.25) is 11.8 Å². The number of aryl methyl sites for hydroxylation is 1. The highest BCUT2D eigenvalue weighted by Crippen LogP contribution is 2.47. The van der Waals surface area contributed by atoms with Crippen molar-refractivity contribution in [3.05, 3.63) is 89.6 Å².